The van der Waals surface area contributed by atoms with Gasteiger partial charge >= 0.3 is 0 Å². The Balaban J connectivity index is 2.15. The van der Waals surface area contributed by atoms with E-state index in [0.717, 1.165) is 11.1 Å². The van der Waals surface area contributed by atoms with E-state index in [9.17, 15) is 9.59 Å². The number of rotatable bonds is 9. The van der Waals surface area contributed by atoms with Crippen LogP contribution in [0.2, 0.25) is 0 Å². The van der Waals surface area contributed by atoms with Crippen molar-refractivity contribution in [1.29, 1.82) is 0 Å². The Morgan fingerprint density at radius 1 is 1.11 bits per heavy atom. The molecule has 1 atom stereocenters. The molecule has 2 aromatic rings. The maximum absolute atomic E-state index is 12.9. The molecule has 6 nitrogen and oxygen atoms in total. The minimum atomic E-state index is -0.558. The van der Waals surface area contributed by atoms with E-state index in [-0.39, 0.29) is 18.4 Å². The number of carbonyl (C=O) groups is 2. The molecule has 0 bridgehead atoms. The average molecular weight is 384 g/mol. The van der Waals surface area contributed by atoms with Crippen molar-refractivity contribution in [2.24, 2.45) is 0 Å². The monoisotopic (exact) mass is 384 g/mol. The van der Waals surface area contributed by atoms with Crippen LogP contribution in [-0.4, -0.2) is 43.5 Å². The molecule has 150 valence electrons. The first-order valence-corrected chi connectivity index (χ1v) is 9.32. The number of likely N-dealkylation sites (N-methyl/N-ethyl adjacent to an activating group) is 1. The molecule has 6 heteroatoms. The van der Waals surface area contributed by atoms with E-state index in [4.69, 9.17) is 9.47 Å². The van der Waals surface area contributed by atoms with Crippen LogP contribution in [0.25, 0.3) is 0 Å². The number of methoxy groups -OCH3 is 1. The normalized spacial score (nSPS) is 11.4. The van der Waals surface area contributed by atoms with Crippen molar-refractivity contribution in [2.45, 2.75) is 32.9 Å². The lowest BCUT2D eigenvalue weighted by molar-refractivity contribution is -0.142. The summed E-state index contributed by atoms with van der Waals surface area (Å²) in [7, 11) is 3.17. The smallest absolute Gasteiger partial charge is 0.261 e. The second kappa shape index (κ2) is 10.3. The van der Waals surface area contributed by atoms with E-state index >= 15 is 0 Å². The fourth-order valence-electron chi connectivity index (χ4n) is 2.99. The Labute approximate surface area is 166 Å². The van der Waals surface area contributed by atoms with Crippen LogP contribution in [0.15, 0.2) is 48.5 Å². The van der Waals surface area contributed by atoms with Gasteiger partial charge in [0.2, 0.25) is 5.91 Å². The molecule has 0 aliphatic carbocycles. The van der Waals surface area contributed by atoms with Gasteiger partial charge in [0, 0.05) is 13.6 Å². The molecular formula is C22H28N2O4. The first-order valence-electron chi connectivity index (χ1n) is 9.32. The minimum absolute atomic E-state index is 0.147. The molecule has 0 spiro atoms. The molecule has 28 heavy (non-hydrogen) atoms. The zero-order valence-corrected chi connectivity index (χ0v) is 16.9. The zero-order chi connectivity index (χ0) is 20.5. The standard InChI is InChI=1S/C22H28N2O4/c1-5-20(22(26)23-3)24(14-17-8-6-7-16(2)13-17)21(25)15-28-19-11-9-18(27-4)10-12-19/h6-13,20H,5,14-15H2,1-4H3,(H,23,26)/t20-/m0/s1. The zero-order valence-electron chi connectivity index (χ0n) is 16.9. The van der Waals surface area contributed by atoms with Crippen LogP contribution >= 0.6 is 0 Å². The number of hydrogen-bond donors (Lipinski definition) is 1. The average Bonchev–Trinajstić information content (AvgIpc) is 2.72. The maximum Gasteiger partial charge on any atom is 0.261 e. The molecule has 2 rings (SSSR count). The molecule has 2 amide bonds. The molecule has 0 aliphatic rings. The molecule has 0 heterocycles. The summed E-state index contributed by atoms with van der Waals surface area (Å²) in [6.07, 6.45) is 0.514. The van der Waals surface area contributed by atoms with E-state index in [1.165, 1.54) is 0 Å². The van der Waals surface area contributed by atoms with Crippen LogP contribution in [0, 0.1) is 6.92 Å². The lowest BCUT2D eigenvalue weighted by Crippen LogP contribution is -2.49. The van der Waals surface area contributed by atoms with Gasteiger partial charge in [-0.15, -0.1) is 0 Å². The molecule has 0 unspecified atom stereocenters. The van der Waals surface area contributed by atoms with Crippen molar-refractivity contribution in [3.8, 4) is 11.5 Å². The molecule has 0 saturated carbocycles. The number of nitrogens with zero attached hydrogens (tertiary/aromatic N) is 1. The number of benzene rings is 2. The molecule has 0 aromatic heterocycles. The van der Waals surface area contributed by atoms with Crippen molar-refractivity contribution < 1.29 is 19.1 Å². The molecule has 0 aliphatic heterocycles. The predicted molar refractivity (Wildman–Crippen MR) is 108 cm³/mol. The Bertz CT molecular complexity index is 789. The van der Waals surface area contributed by atoms with Gasteiger partial charge in [-0.25, -0.2) is 0 Å². The summed E-state index contributed by atoms with van der Waals surface area (Å²) in [4.78, 5) is 26.9. The number of nitrogens with one attached hydrogen (secondary N) is 1. The fourth-order valence-corrected chi connectivity index (χ4v) is 2.99. The van der Waals surface area contributed by atoms with Crippen LogP contribution in [0.5, 0.6) is 11.5 Å². The number of aryl methyl sites for hydroxylation is 1. The van der Waals surface area contributed by atoms with Gasteiger partial charge < -0.3 is 19.7 Å². The minimum Gasteiger partial charge on any atom is -0.497 e. The van der Waals surface area contributed by atoms with Crippen LogP contribution in [0.3, 0.4) is 0 Å². The van der Waals surface area contributed by atoms with Gasteiger partial charge in [-0.2, -0.15) is 0 Å². The van der Waals surface area contributed by atoms with Gasteiger partial charge in [-0.1, -0.05) is 36.8 Å². The third-order valence-corrected chi connectivity index (χ3v) is 4.49. The van der Waals surface area contributed by atoms with Crippen LogP contribution in [0.4, 0.5) is 0 Å². The highest BCUT2D eigenvalue weighted by molar-refractivity contribution is 5.88. The Morgan fingerprint density at radius 3 is 2.36 bits per heavy atom. The summed E-state index contributed by atoms with van der Waals surface area (Å²) in [6.45, 7) is 4.09. The van der Waals surface area contributed by atoms with Crippen molar-refractivity contribution in [1.82, 2.24) is 10.2 Å². The topological polar surface area (TPSA) is 67.9 Å². The summed E-state index contributed by atoms with van der Waals surface area (Å²) in [5.41, 5.74) is 2.08. The lowest BCUT2D eigenvalue weighted by Gasteiger charge is -2.30. The second-order valence-corrected chi connectivity index (χ2v) is 6.51. The second-order valence-electron chi connectivity index (χ2n) is 6.51. The van der Waals surface area contributed by atoms with Crippen molar-refractivity contribution in [2.75, 3.05) is 20.8 Å². The summed E-state index contributed by atoms with van der Waals surface area (Å²) < 4.78 is 10.8. The number of amides is 2. The van der Waals surface area contributed by atoms with E-state index < -0.39 is 6.04 Å². The molecule has 0 saturated heterocycles. The van der Waals surface area contributed by atoms with Gasteiger partial charge in [-0.3, -0.25) is 9.59 Å². The Morgan fingerprint density at radius 2 is 1.79 bits per heavy atom. The summed E-state index contributed by atoms with van der Waals surface area (Å²) in [6, 6.07) is 14.4. The fraction of sp³-hybridized carbons (Fsp3) is 0.364. The predicted octanol–water partition coefficient (Wildman–Crippen LogP) is 2.94. The SMILES string of the molecule is CC[C@@H](C(=O)NC)N(Cc1cccc(C)c1)C(=O)COc1ccc(OC)cc1. The Hall–Kier alpha value is -3.02. The van der Waals surface area contributed by atoms with Crippen LogP contribution in [0.1, 0.15) is 24.5 Å². The lowest BCUT2D eigenvalue weighted by atomic mass is 10.1. The van der Waals surface area contributed by atoms with Gasteiger partial charge in [0.05, 0.1) is 7.11 Å². The van der Waals surface area contributed by atoms with Gasteiger partial charge in [-0.05, 0) is 43.2 Å². The highest BCUT2D eigenvalue weighted by atomic mass is 16.5. The third-order valence-electron chi connectivity index (χ3n) is 4.49. The maximum atomic E-state index is 12.9. The van der Waals surface area contributed by atoms with E-state index in [2.05, 4.69) is 5.32 Å². The van der Waals surface area contributed by atoms with Gasteiger partial charge in [0.1, 0.15) is 17.5 Å². The van der Waals surface area contributed by atoms with Crippen LogP contribution in [-0.2, 0) is 16.1 Å². The molecule has 2 aromatic carbocycles. The van der Waals surface area contributed by atoms with Crippen molar-refractivity contribution in [3.05, 3.63) is 59.7 Å². The van der Waals surface area contributed by atoms with Crippen molar-refractivity contribution >= 4 is 11.8 Å². The van der Waals surface area contributed by atoms with E-state index in [1.54, 1.807) is 43.3 Å². The summed E-state index contributed by atoms with van der Waals surface area (Å²) >= 11 is 0. The van der Waals surface area contributed by atoms with E-state index in [0.29, 0.717) is 24.5 Å². The summed E-state index contributed by atoms with van der Waals surface area (Å²) in [5, 5.41) is 2.65. The van der Waals surface area contributed by atoms with E-state index in [1.807, 2.05) is 38.1 Å². The highest BCUT2D eigenvalue weighted by Gasteiger charge is 2.28. The quantitative estimate of drug-likeness (QED) is 0.722. The van der Waals surface area contributed by atoms with Gasteiger partial charge in [0.25, 0.3) is 5.91 Å². The molecule has 1 N–H and O–H groups in total. The molecule has 0 fully saturated rings. The first-order chi connectivity index (χ1) is 13.5. The van der Waals surface area contributed by atoms with Crippen LogP contribution < -0.4 is 14.8 Å². The Kier molecular flexibility index (Phi) is 7.87. The number of hydrogen-bond acceptors (Lipinski definition) is 4. The first kappa shape index (κ1) is 21.3. The third kappa shape index (κ3) is 5.74. The number of ether oxygens (including phenoxy) is 2. The molecular weight excluding hydrogens is 356 g/mol. The molecule has 0 radical (unpaired) electrons. The highest BCUT2D eigenvalue weighted by Crippen LogP contribution is 2.18. The van der Waals surface area contributed by atoms with Gasteiger partial charge in [0.15, 0.2) is 6.61 Å². The largest absolute Gasteiger partial charge is 0.497 e. The van der Waals surface area contributed by atoms with Crippen molar-refractivity contribution in [3.63, 3.8) is 0 Å². The summed E-state index contributed by atoms with van der Waals surface area (Å²) in [5.74, 6) is 0.851. The number of carbonyl (C=O) groups excluding carboxylic acids is 2.